The predicted octanol–water partition coefficient (Wildman–Crippen LogP) is 0.646. The second kappa shape index (κ2) is 6.25. The predicted molar refractivity (Wildman–Crippen MR) is 75.7 cm³/mol. The van der Waals surface area contributed by atoms with E-state index in [1.54, 1.807) is 20.2 Å². The van der Waals surface area contributed by atoms with E-state index in [0.717, 1.165) is 0 Å². The molecule has 1 amide bonds. The second-order valence-corrected chi connectivity index (χ2v) is 4.86. The van der Waals surface area contributed by atoms with E-state index in [2.05, 4.69) is 41.2 Å². The Kier molecular flexibility index (Phi) is 4.41. The van der Waals surface area contributed by atoms with Crippen molar-refractivity contribution in [3.05, 3.63) is 23.5 Å². The normalized spacial score (nSPS) is 12.2. The van der Waals surface area contributed by atoms with E-state index < -0.39 is 0 Å². The Labute approximate surface area is 122 Å². The number of aromatic amines is 1. The number of H-pyrrole nitrogens is 1. The van der Waals surface area contributed by atoms with Crippen LogP contribution in [0.1, 0.15) is 54.9 Å². The van der Waals surface area contributed by atoms with Crippen molar-refractivity contribution < 1.29 is 4.79 Å². The smallest absolute Gasteiger partial charge is 0.272 e. The van der Waals surface area contributed by atoms with Gasteiger partial charge in [-0.05, 0) is 6.92 Å². The molecule has 0 saturated heterocycles. The Balaban J connectivity index is 2.23. The first-order valence-electron chi connectivity index (χ1n) is 6.61. The molecule has 0 spiro atoms. The molecule has 0 aliphatic rings. The number of nitrogens with zero attached hydrogens (tertiary/aromatic N) is 5. The van der Waals surface area contributed by atoms with Gasteiger partial charge in [0.15, 0.2) is 11.5 Å². The van der Waals surface area contributed by atoms with Crippen LogP contribution >= 0.6 is 0 Å². The lowest BCUT2D eigenvalue weighted by Gasteiger charge is -2.13. The maximum absolute atomic E-state index is 12.4. The summed E-state index contributed by atoms with van der Waals surface area (Å²) in [5.74, 6) is 0.844. The van der Waals surface area contributed by atoms with Gasteiger partial charge in [0.05, 0.1) is 17.9 Å². The van der Waals surface area contributed by atoms with E-state index in [4.69, 9.17) is 0 Å². The lowest BCUT2D eigenvalue weighted by molar-refractivity contribution is 0.0933. The van der Waals surface area contributed by atoms with E-state index in [1.807, 2.05) is 13.8 Å². The van der Waals surface area contributed by atoms with E-state index in [0.29, 0.717) is 23.0 Å². The topological polar surface area (TPSA) is 121 Å². The van der Waals surface area contributed by atoms with Crippen molar-refractivity contribution in [3.63, 3.8) is 0 Å². The zero-order valence-corrected chi connectivity index (χ0v) is 12.4. The summed E-state index contributed by atoms with van der Waals surface area (Å²) in [4.78, 5) is 20.9. The molecule has 0 saturated carbocycles. The third-order valence-electron chi connectivity index (χ3n) is 2.90. The van der Waals surface area contributed by atoms with Gasteiger partial charge in [-0.15, -0.1) is 10.2 Å². The number of aromatic nitrogens is 6. The molecule has 0 aromatic carbocycles. The van der Waals surface area contributed by atoms with E-state index in [9.17, 15) is 4.79 Å². The van der Waals surface area contributed by atoms with Gasteiger partial charge in [0.2, 0.25) is 0 Å². The second-order valence-electron chi connectivity index (χ2n) is 4.86. The Morgan fingerprint density at radius 2 is 2.05 bits per heavy atom. The monoisotopic (exact) mass is 290 g/mol. The average molecular weight is 290 g/mol. The number of tetrazole rings is 1. The summed E-state index contributed by atoms with van der Waals surface area (Å²) in [6.07, 6.45) is 1.61. The van der Waals surface area contributed by atoms with Gasteiger partial charge in [-0.3, -0.25) is 4.79 Å². The van der Waals surface area contributed by atoms with Crippen LogP contribution in [0.5, 0.6) is 0 Å². The number of hydrogen-bond acceptors (Lipinski definition) is 7. The van der Waals surface area contributed by atoms with Crippen LogP contribution < -0.4 is 10.6 Å². The molecule has 0 aliphatic heterocycles. The third kappa shape index (κ3) is 3.30. The molecule has 112 valence electrons. The number of nitrogens with one attached hydrogen (secondary N) is 3. The zero-order chi connectivity index (χ0) is 15.4. The Hall–Kier alpha value is -2.58. The van der Waals surface area contributed by atoms with Gasteiger partial charge in [0, 0.05) is 13.0 Å². The van der Waals surface area contributed by atoms with Gasteiger partial charge < -0.3 is 10.6 Å². The maximum Gasteiger partial charge on any atom is 0.272 e. The molecule has 1 atom stereocenters. The maximum atomic E-state index is 12.4. The fourth-order valence-corrected chi connectivity index (χ4v) is 1.71. The number of anilines is 1. The van der Waals surface area contributed by atoms with E-state index in [-0.39, 0.29) is 17.9 Å². The number of carbonyl (C=O) groups excluding carboxylic acids is 1. The minimum absolute atomic E-state index is 0.136. The zero-order valence-electron chi connectivity index (χ0n) is 12.4. The molecule has 0 bridgehead atoms. The highest BCUT2D eigenvalue weighted by Gasteiger charge is 2.20. The first-order chi connectivity index (χ1) is 10.0. The Morgan fingerprint density at radius 3 is 2.62 bits per heavy atom. The quantitative estimate of drug-likeness (QED) is 0.738. The lowest BCUT2D eigenvalue weighted by atomic mass is 10.2. The number of rotatable bonds is 5. The van der Waals surface area contributed by atoms with E-state index in [1.165, 1.54) is 0 Å². The van der Waals surface area contributed by atoms with Gasteiger partial charge in [-0.1, -0.05) is 19.1 Å². The average Bonchev–Trinajstić information content (AvgIpc) is 3.00. The van der Waals surface area contributed by atoms with Crippen molar-refractivity contribution in [2.45, 2.75) is 32.7 Å². The molecule has 1 unspecified atom stereocenters. The molecule has 2 aromatic rings. The minimum atomic E-state index is -0.376. The highest BCUT2D eigenvalue weighted by atomic mass is 16.2. The van der Waals surface area contributed by atoms with Crippen LogP contribution in [0.2, 0.25) is 0 Å². The molecule has 3 N–H and O–H groups in total. The summed E-state index contributed by atoms with van der Waals surface area (Å²) in [5, 5.41) is 19.2. The van der Waals surface area contributed by atoms with Gasteiger partial charge >= 0.3 is 0 Å². The van der Waals surface area contributed by atoms with Gasteiger partial charge in [-0.2, -0.15) is 5.21 Å². The lowest BCUT2D eigenvalue weighted by Crippen LogP contribution is -2.29. The standard InChI is InChI=1S/C12H18N8O/c1-6(2)10-14-5-8(13-4)9(16-10)12(21)15-7(3)11-17-19-20-18-11/h5-7,13H,1-4H3,(H,15,21)(H,17,18,19,20). The Bertz CT molecular complexity index is 610. The van der Waals surface area contributed by atoms with Crippen molar-refractivity contribution in [2.75, 3.05) is 12.4 Å². The summed E-state index contributed by atoms with van der Waals surface area (Å²) in [6, 6.07) is -0.376. The Morgan fingerprint density at radius 1 is 1.29 bits per heavy atom. The van der Waals surface area contributed by atoms with Crippen LogP contribution in [0.4, 0.5) is 5.69 Å². The van der Waals surface area contributed by atoms with E-state index >= 15 is 0 Å². The largest absolute Gasteiger partial charge is 0.385 e. The molecule has 21 heavy (non-hydrogen) atoms. The van der Waals surface area contributed by atoms with Crippen LogP contribution in [0.3, 0.4) is 0 Å². The summed E-state index contributed by atoms with van der Waals surface area (Å²) < 4.78 is 0. The third-order valence-corrected chi connectivity index (χ3v) is 2.90. The molecule has 2 rings (SSSR count). The number of carbonyl (C=O) groups is 1. The van der Waals surface area contributed by atoms with Crippen LogP contribution in [0, 0.1) is 0 Å². The molecule has 2 aromatic heterocycles. The van der Waals surface area contributed by atoms with Crippen molar-refractivity contribution in [1.82, 2.24) is 35.9 Å². The fourth-order valence-electron chi connectivity index (χ4n) is 1.71. The van der Waals surface area contributed by atoms with Crippen LogP contribution in [0.25, 0.3) is 0 Å². The summed E-state index contributed by atoms with van der Waals surface area (Å²) in [7, 11) is 1.72. The first kappa shape index (κ1) is 14.8. The van der Waals surface area contributed by atoms with Crippen molar-refractivity contribution in [2.24, 2.45) is 0 Å². The molecule has 9 nitrogen and oxygen atoms in total. The summed E-state index contributed by atoms with van der Waals surface area (Å²) in [5.41, 5.74) is 0.865. The first-order valence-corrected chi connectivity index (χ1v) is 6.61. The van der Waals surface area contributed by atoms with Crippen LogP contribution in [-0.4, -0.2) is 43.5 Å². The SMILES string of the molecule is CNc1cnc(C(C)C)nc1C(=O)NC(C)c1nn[nH]n1. The van der Waals surface area contributed by atoms with Crippen LogP contribution in [0.15, 0.2) is 6.20 Å². The highest BCUT2D eigenvalue weighted by molar-refractivity contribution is 5.97. The number of hydrogen-bond donors (Lipinski definition) is 3. The van der Waals surface area contributed by atoms with Crippen molar-refractivity contribution in [1.29, 1.82) is 0 Å². The molecule has 9 heteroatoms. The molecular formula is C12H18N8O. The molecule has 0 aliphatic carbocycles. The molecule has 0 radical (unpaired) electrons. The van der Waals surface area contributed by atoms with Crippen molar-refractivity contribution in [3.8, 4) is 0 Å². The highest BCUT2D eigenvalue weighted by Crippen LogP contribution is 2.16. The summed E-state index contributed by atoms with van der Waals surface area (Å²) >= 11 is 0. The van der Waals surface area contributed by atoms with Gasteiger partial charge in [0.1, 0.15) is 5.82 Å². The van der Waals surface area contributed by atoms with Gasteiger partial charge in [0.25, 0.3) is 5.91 Å². The van der Waals surface area contributed by atoms with Gasteiger partial charge in [-0.25, -0.2) is 9.97 Å². The number of amides is 1. The van der Waals surface area contributed by atoms with Crippen LogP contribution in [-0.2, 0) is 0 Å². The molecular weight excluding hydrogens is 272 g/mol. The fraction of sp³-hybridized carbons (Fsp3) is 0.500. The molecule has 2 heterocycles. The van der Waals surface area contributed by atoms with Crippen molar-refractivity contribution >= 4 is 11.6 Å². The summed E-state index contributed by atoms with van der Waals surface area (Å²) in [6.45, 7) is 5.71. The minimum Gasteiger partial charge on any atom is -0.385 e. The molecule has 0 fully saturated rings.